The quantitative estimate of drug-likeness (QED) is 0.0539. The molecule has 0 aliphatic heterocycles. The van der Waals surface area contributed by atoms with Gasteiger partial charge >= 0.3 is 7.60 Å². The summed E-state index contributed by atoms with van der Waals surface area (Å²) < 4.78 is 12.1. The Kier molecular flexibility index (Phi) is 19.8. The molecule has 0 fully saturated rings. The van der Waals surface area contributed by atoms with E-state index in [0.29, 0.717) is 10.9 Å². The van der Waals surface area contributed by atoms with Crippen LogP contribution in [0.5, 0.6) is 0 Å². The summed E-state index contributed by atoms with van der Waals surface area (Å²) in [6, 6.07) is 0. The topological polar surface area (TPSA) is 77.8 Å². The van der Waals surface area contributed by atoms with Gasteiger partial charge in [0.15, 0.2) is 0 Å². The third-order valence-electron chi connectivity index (χ3n) is 6.61. The molecule has 1 unspecified atom stereocenters. The molecule has 1 atom stereocenters. The molecule has 0 aliphatic carbocycles. The van der Waals surface area contributed by atoms with Gasteiger partial charge < -0.3 is 19.4 Å². The van der Waals surface area contributed by atoms with Crippen molar-refractivity contribution in [3.8, 4) is 0 Å². The highest BCUT2D eigenvalue weighted by atomic mass is 31.2. The van der Waals surface area contributed by atoms with Crippen LogP contribution in [0.4, 0.5) is 0 Å². The fourth-order valence-corrected chi connectivity index (χ4v) is 5.67. The number of nitrogens with zero attached hydrogens (tertiary/aromatic N) is 1. The summed E-state index contributed by atoms with van der Waals surface area (Å²) in [6.07, 6.45) is 28.8. The average Bonchev–Trinajstić information content (AvgIpc) is 2.73. The molecule has 0 aliphatic rings. The predicted octanol–water partition coefficient (Wildman–Crippen LogP) is 7.94. The fraction of sp³-hybridized carbons (Fsp3) is 0.929. The molecule has 0 heterocycles. The van der Waals surface area contributed by atoms with E-state index in [1.165, 1.54) is 89.9 Å². The van der Waals surface area contributed by atoms with Gasteiger partial charge in [-0.15, -0.1) is 0 Å². The van der Waals surface area contributed by atoms with Crippen molar-refractivity contribution in [2.24, 2.45) is 0 Å². The van der Waals surface area contributed by atoms with Crippen LogP contribution < -0.4 is 0 Å². The zero-order valence-electron chi connectivity index (χ0n) is 23.1. The Labute approximate surface area is 212 Å². The Balaban J connectivity index is 3.56. The van der Waals surface area contributed by atoms with Crippen LogP contribution in [0.3, 0.4) is 0 Å². The third kappa shape index (κ3) is 20.0. The number of quaternary nitrogens is 1. The number of hydrogen-bond donors (Lipinski definition) is 3. The molecule has 6 heteroatoms. The number of aliphatic hydroxyl groups is 1. The van der Waals surface area contributed by atoms with Gasteiger partial charge in [-0.3, -0.25) is 4.57 Å². The minimum Gasteiger partial charge on any atom is -0.373 e. The molecule has 204 valence electrons. The van der Waals surface area contributed by atoms with Crippen molar-refractivity contribution in [1.29, 1.82) is 0 Å². The predicted molar refractivity (Wildman–Crippen MR) is 147 cm³/mol. The summed E-state index contributed by atoms with van der Waals surface area (Å²) in [6.45, 7) is 2.33. The second-order valence-corrected chi connectivity index (χ2v) is 13.4. The SMILES string of the molecule is CCCCCCCCCCCCCCCC/C=C\CCCCCC(O)(C[N+](C)(C)C)P(=O)(O)O. The minimum atomic E-state index is -4.55. The minimum absolute atomic E-state index is 0.0520. The highest BCUT2D eigenvalue weighted by molar-refractivity contribution is 7.53. The van der Waals surface area contributed by atoms with Gasteiger partial charge in [0.1, 0.15) is 6.54 Å². The summed E-state index contributed by atoms with van der Waals surface area (Å²) in [5.41, 5.74) is 0. The van der Waals surface area contributed by atoms with Crippen LogP contribution in [0.1, 0.15) is 135 Å². The molecule has 0 spiro atoms. The second kappa shape index (κ2) is 19.9. The van der Waals surface area contributed by atoms with Gasteiger partial charge in [-0.2, -0.15) is 0 Å². The first-order chi connectivity index (χ1) is 16.0. The smallest absolute Gasteiger partial charge is 0.362 e. The number of hydrogen-bond acceptors (Lipinski definition) is 2. The van der Waals surface area contributed by atoms with Gasteiger partial charge in [0.05, 0.1) is 21.1 Å². The molecule has 0 radical (unpaired) electrons. The zero-order chi connectivity index (χ0) is 25.8. The van der Waals surface area contributed by atoms with Crippen molar-refractivity contribution in [3.05, 3.63) is 12.2 Å². The van der Waals surface area contributed by atoms with E-state index < -0.39 is 12.9 Å². The highest BCUT2D eigenvalue weighted by Gasteiger charge is 2.48. The van der Waals surface area contributed by atoms with E-state index >= 15 is 0 Å². The molecule has 0 aromatic rings. The molecule has 0 aromatic carbocycles. The molecular formula is C28H59NO4P+. The molecule has 0 aromatic heterocycles. The lowest BCUT2D eigenvalue weighted by molar-refractivity contribution is -0.875. The largest absolute Gasteiger partial charge is 0.373 e. The first-order valence-electron chi connectivity index (χ1n) is 14.3. The summed E-state index contributed by atoms with van der Waals surface area (Å²) in [4.78, 5) is 19.2. The first kappa shape index (κ1) is 33.8. The van der Waals surface area contributed by atoms with Crippen molar-refractivity contribution in [2.45, 2.75) is 141 Å². The zero-order valence-corrected chi connectivity index (χ0v) is 24.0. The number of rotatable bonds is 24. The molecule has 0 bridgehead atoms. The van der Waals surface area contributed by atoms with E-state index in [-0.39, 0.29) is 13.0 Å². The van der Waals surface area contributed by atoms with E-state index in [2.05, 4.69) is 19.1 Å². The highest BCUT2D eigenvalue weighted by Crippen LogP contribution is 2.52. The van der Waals surface area contributed by atoms with E-state index in [1.807, 2.05) is 21.1 Å². The normalized spacial score (nSPS) is 14.7. The molecule has 0 amide bonds. The summed E-state index contributed by atoms with van der Waals surface area (Å²) in [5.74, 6) is 0. The Morgan fingerprint density at radius 3 is 1.35 bits per heavy atom. The van der Waals surface area contributed by atoms with Crippen LogP contribution in [0.15, 0.2) is 12.2 Å². The van der Waals surface area contributed by atoms with E-state index in [9.17, 15) is 19.5 Å². The molecule has 0 rings (SSSR count). The molecular weight excluding hydrogens is 445 g/mol. The maximum absolute atomic E-state index is 11.8. The lowest BCUT2D eigenvalue weighted by Crippen LogP contribution is -2.49. The van der Waals surface area contributed by atoms with Gasteiger partial charge in [0.25, 0.3) is 0 Å². The Morgan fingerprint density at radius 2 is 1.00 bits per heavy atom. The van der Waals surface area contributed by atoms with Crippen LogP contribution >= 0.6 is 7.60 Å². The molecule has 5 nitrogen and oxygen atoms in total. The van der Waals surface area contributed by atoms with Gasteiger partial charge in [0.2, 0.25) is 5.34 Å². The van der Waals surface area contributed by atoms with Crippen LogP contribution in [0.2, 0.25) is 0 Å². The van der Waals surface area contributed by atoms with E-state index in [1.54, 1.807) is 0 Å². The second-order valence-electron chi connectivity index (χ2n) is 11.4. The van der Waals surface area contributed by atoms with Crippen LogP contribution in [0, 0.1) is 0 Å². The summed E-state index contributed by atoms with van der Waals surface area (Å²) in [7, 11) is 0.956. The summed E-state index contributed by atoms with van der Waals surface area (Å²) >= 11 is 0. The average molecular weight is 505 g/mol. The monoisotopic (exact) mass is 504 g/mol. The number of unbranched alkanes of at least 4 members (excludes halogenated alkanes) is 17. The maximum atomic E-state index is 11.8. The van der Waals surface area contributed by atoms with Crippen molar-refractivity contribution in [1.82, 2.24) is 0 Å². The van der Waals surface area contributed by atoms with Crippen LogP contribution in [-0.2, 0) is 4.57 Å². The fourth-order valence-electron chi connectivity index (χ4n) is 4.62. The molecule has 34 heavy (non-hydrogen) atoms. The van der Waals surface area contributed by atoms with Crippen LogP contribution in [0.25, 0.3) is 0 Å². The van der Waals surface area contributed by atoms with E-state index in [0.717, 1.165) is 25.7 Å². The third-order valence-corrected chi connectivity index (χ3v) is 8.06. The van der Waals surface area contributed by atoms with Gasteiger partial charge in [-0.1, -0.05) is 109 Å². The van der Waals surface area contributed by atoms with Crippen molar-refractivity contribution >= 4 is 7.60 Å². The van der Waals surface area contributed by atoms with Gasteiger partial charge in [-0.25, -0.2) is 0 Å². The Hall–Kier alpha value is -0.190. The van der Waals surface area contributed by atoms with E-state index in [4.69, 9.17) is 0 Å². The van der Waals surface area contributed by atoms with Crippen molar-refractivity contribution in [3.63, 3.8) is 0 Å². The van der Waals surface area contributed by atoms with Crippen molar-refractivity contribution < 1.29 is 23.9 Å². The van der Waals surface area contributed by atoms with Crippen LogP contribution in [-0.4, -0.2) is 52.4 Å². The standard InChI is InChI=1S/C28H58NO4P/c1-5-6-7-8-9-10-11-12-13-14-15-16-17-18-19-20-21-22-23-24-25-26-28(30,34(31,32)33)27-29(2,3)4/h20-21,30H,5-19,22-27H2,1-4H3,(H-,31,32,33)/p+1/b21-20-. The molecule has 3 N–H and O–H groups in total. The van der Waals surface area contributed by atoms with Gasteiger partial charge in [0, 0.05) is 0 Å². The molecule has 0 saturated carbocycles. The molecule has 0 saturated heterocycles. The van der Waals surface area contributed by atoms with Crippen molar-refractivity contribution in [2.75, 3.05) is 27.7 Å². The maximum Gasteiger partial charge on any atom is 0.362 e. The lowest BCUT2D eigenvalue weighted by atomic mass is 10.0. The summed E-state index contributed by atoms with van der Waals surface area (Å²) in [5, 5.41) is 8.63. The Bertz CT molecular complexity index is 541. The number of allylic oxidation sites excluding steroid dienone is 2. The number of likely N-dealkylation sites (N-methyl/N-ethyl adjacent to an activating group) is 1. The first-order valence-corrected chi connectivity index (χ1v) is 15.9. The lowest BCUT2D eigenvalue weighted by Gasteiger charge is -2.35. The Morgan fingerprint density at radius 1 is 0.647 bits per heavy atom. The van der Waals surface area contributed by atoms with Gasteiger partial charge in [-0.05, 0) is 38.5 Å².